The summed E-state index contributed by atoms with van der Waals surface area (Å²) in [6, 6.07) is 14.2. The fourth-order valence-corrected chi connectivity index (χ4v) is 7.49. The maximum absolute atomic E-state index is 13.6. The van der Waals surface area contributed by atoms with Gasteiger partial charge in [-0.25, -0.2) is 0 Å². The number of hydrogen-bond donors (Lipinski definition) is 4. The first-order valence-corrected chi connectivity index (χ1v) is 22.4. The van der Waals surface area contributed by atoms with Gasteiger partial charge in [-0.2, -0.15) is 20.5 Å². The van der Waals surface area contributed by atoms with Crippen LogP contribution in [0.3, 0.4) is 0 Å². The van der Waals surface area contributed by atoms with Crippen molar-refractivity contribution < 1.29 is 28.8 Å². The molecule has 0 aliphatic carbocycles. The van der Waals surface area contributed by atoms with Gasteiger partial charge in [-0.05, 0) is 111 Å². The molecule has 0 bridgehead atoms. The SMILES string of the molecule is CCc1cc(NC(=O)C(N=Nc2ccc(Cl)c(C(=O)Nc3ccc(Cl)c(Cl)c3Cl)c2)C(C)=O)c(CC)cc1NC(=O)C(N=Nc1ccc(Cl)c(C(=O)Nc2ccc(Cl)c(Cl)c2Cl)c1)C(C)=O. The summed E-state index contributed by atoms with van der Waals surface area (Å²) in [6.45, 7) is 5.95. The van der Waals surface area contributed by atoms with Crippen molar-refractivity contribution in [1.29, 1.82) is 0 Å². The van der Waals surface area contributed by atoms with Gasteiger partial charge >= 0.3 is 0 Å². The zero-order chi connectivity index (χ0) is 48.6. The minimum Gasteiger partial charge on any atom is -0.323 e. The van der Waals surface area contributed by atoms with E-state index in [4.69, 9.17) is 92.8 Å². The Kier molecular flexibility index (Phi) is 18.1. The zero-order valence-corrected chi connectivity index (χ0v) is 40.8. The van der Waals surface area contributed by atoms with Crippen molar-refractivity contribution in [3.63, 3.8) is 0 Å². The Hall–Kier alpha value is -5.16. The minimum atomic E-state index is -1.60. The quantitative estimate of drug-likeness (QED) is 0.0430. The number of amides is 4. The average molecular weight is 1050 g/mol. The molecule has 2 unspecified atom stereocenters. The van der Waals surface area contributed by atoms with Gasteiger partial charge in [-0.3, -0.25) is 28.8 Å². The monoisotopic (exact) mass is 1050 g/mol. The van der Waals surface area contributed by atoms with Crippen LogP contribution in [0.4, 0.5) is 34.1 Å². The number of ketones is 2. The maximum Gasteiger partial charge on any atom is 0.258 e. The second-order valence-electron chi connectivity index (χ2n) is 14.0. The van der Waals surface area contributed by atoms with E-state index in [0.29, 0.717) is 35.3 Å². The molecule has 0 fully saturated rings. The Morgan fingerprint density at radius 1 is 0.455 bits per heavy atom. The van der Waals surface area contributed by atoms with Gasteiger partial charge < -0.3 is 21.3 Å². The smallest absolute Gasteiger partial charge is 0.258 e. The molecule has 0 saturated heterocycles. The summed E-state index contributed by atoms with van der Waals surface area (Å²) in [5.74, 6) is -4.21. The van der Waals surface area contributed by atoms with Crippen LogP contribution in [-0.2, 0) is 32.0 Å². The predicted octanol–water partition coefficient (Wildman–Crippen LogP) is 13.9. The average Bonchev–Trinajstić information content (AvgIpc) is 3.27. The lowest BCUT2D eigenvalue weighted by molar-refractivity contribution is -0.127. The van der Waals surface area contributed by atoms with Crippen molar-refractivity contribution in [1.82, 2.24) is 0 Å². The van der Waals surface area contributed by atoms with Gasteiger partial charge in [0.1, 0.15) is 0 Å². The normalized spacial score (nSPS) is 12.2. The molecule has 22 heteroatoms. The number of aryl methyl sites for hydroxylation is 2. The molecule has 0 saturated carbocycles. The number of Topliss-reactive ketones (excluding diaryl/α,β-unsaturated/α-hetero) is 2. The highest BCUT2D eigenvalue weighted by atomic mass is 35.5. The predicted molar refractivity (Wildman–Crippen MR) is 262 cm³/mol. The number of benzene rings is 5. The van der Waals surface area contributed by atoms with Crippen LogP contribution >= 0.6 is 92.8 Å². The molecule has 342 valence electrons. The lowest BCUT2D eigenvalue weighted by Gasteiger charge is -2.18. The molecule has 2 atom stereocenters. The molecular formula is C44H34Cl8N8O6. The van der Waals surface area contributed by atoms with Crippen LogP contribution < -0.4 is 21.3 Å². The van der Waals surface area contributed by atoms with Gasteiger partial charge in [0, 0.05) is 11.4 Å². The molecule has 0 aliphatic heterocycles. The number of azo groups is 2. The van der Waals surface area contributed by atoms with Crippen LogP contribution in [0.15, 0.2) is 93.3 Å². The van der Waals surface area contributed by atoms with Crippen LogP contribution in [0, 0.1) is 0 Å². The number of halogens is 8. The Labute approximate surface area is 417 Å². The van der Waals surface area contributed by atoms with E-state index in [9.17, 15) is 28.8 Å². The van der Waals surface area contributed by atoms with Crippen molar-refractivity contribution in [2.24, 2.45) is 20.5 Å². The summed E-state index contributed by atoms with van der Waals surface area (Å²) in [7, 11) is 0. The largest absolute Gasteiger partial charge is 0.323 e. The van der Waals surface area contributed by atoms with Crippen molar-refractivity contribution in [3.05, 3.63) is 135 Å². The molecule has 0 radical (unpaired) electrons. The molecule has 5 aromatic carbocycles. The lowest BCUT2D eigenvalue weighted by Crippen LogP contribution is -2.33. The van der Waals surface area contributed by atoms with Crippen LogP contribution in [-0.4, -0.2) is 47.3 Å². The first-order valence-electron chi connectivity index (χ1n) is 19.3. The van der Waals surface area contributed by atoms with E-state index < -0.39 is 47.3 Å². The first-order chi connectivity index (χ1) is 31.2. The first kappa shape index (κ1) is 51.8. The van der Waals surface area contributed by atoms with E-state index in [1.54, 1.807) is 26.0 Å². The van der Waals surface area contributed by atoms with E-state index >= 15 is 0 Å². The molecule has 0 aromatic heterocycles. The Balaban J connectivity index is 1.31. The summed E-state index contributed by atoms with van der Waals surface area (Å²) >= 11 is 49.3. The topological polar surface area (TPSA) is 200 Å². The van der Waals surface area contributed by atoms with E-state index in [0.717, 1.165) is 0 Å². The van der Waals surface area contributed by atoms with Gasteiger partial charge in [0.15, 0.2) is 11.6 Å². The van der Waals surface area contributed by atoms with Crippen LogP contribution in [0.2, 0.25) is 40.2 Å². The van der Waals surface area contributed by atoms with Gasteiger partial charge in [-0.1, -0.05) is 107 Å². The number of nitrogens with one attached hydrogen (secondary N) is 4. The van der Waals surface area contributed by atoms with Crippen LogP contribution in [0.25, 0.3) is 0 Å². The van der Waals surface area contributed by atoms with Gasteiger partial charge in [0.25, 0.3) is 23.6 Å². The Bertz CT molecular complexity index is 2670. The van der Waals surface area contributed by atoms with E-state index in [1.165, 1.54) is 74.5 Å². The second-order valence-corrected chi connectivity index (χ2v) is 17.1. The number of anilines is 4. The number of carbonyl (C=O) groups excluding carboxylic acids is 6. The zero-order valence-electron chi connectivity index (χ0n) is 34.8. The summed E-state index contributed by atoms with van der Waals surface area (Å²) in [6.07, 6.45) is 0.717. The summed E-state index contributed by atoms with van der Waals surface area (Å²) in [5, 5.41) is 27.5. The third kappa shape index (κ3) is 12.6. The van der Waals surface area contributed by atoms with Gasteiger partial charge in [0.05, 0.1) is 74.1 Å². The van der Waals surface area contributed by atoms with Crippen molar-refractivity contribution in [2.45, 2.75) is 52.6 Å². The van der Waals surface area contributed by atoms with Crippen molar-refractivity contribution in [2.75, 3.05) is 21.3 Å². The summed E-state index contributed by atoms with van der Waals surface area (Å²) < 4.78 is 0. The molecule has 0 heterocycles. The molecule has 14 nitrogen and oxygen atoms in total. The minimum absolute atomic E-state index is 0.0163. The third-order valence-electron chi connectivity index (χ3n) is 9.41. The Morgan fingerprint density at radius 2 is 0.803 bits per heavy atom. The third-order valence-corrected chi connectivity index (χ3v) is 12.7. The molecule has 4 amide bonds. The maximum atomic E-state index is 13.6. The lowest BCUT2D eigenvalue weighted by atomic mass is 10.0. The fourth-order valence-electron chi connectivity index (χ4n) is 5.92. The Morgan fingerprint density at radius 3 is 1.14 bits per heavy atom. The summed E-state index contributed by atoms with van der Waals surface area (Å²) in [4.78, 5) is 78.9. The van der Waals surface area contributed by atoms with E-state index in [-0.39, 0.29) is 74.1 Å². The van der Waals surface area contributed by atoms with Crippen molar-refractivity contribution >= 4 is 162 Å². The molecule has 0 aliphatic rings. The molecule has 66 heavy (non-hydrogen) atoms. The number of carbonyl (C=O) groups is 6. The fraction of sp³-hybridized carbons (Fsp3) is 0.182. The van der Waals surface area contributed by atoms with Crippen molar-refractivity contribution in [3.8, 4) is 0 Å². The highest BCUT2D eigenvalue weighted by Crippen LogP contribution is 2.38. The molecule has 0 spiro atoms. The number of hydrogen-bond acceptors (Lipinski definition) is 10. The number of rotatable bonds is 16. The van der Waals surface area contributed by atoms with Crippen LogP contribution in [0.5, 0.6) is 0 Å². The standard InChI is InChI=1S/C44H34Cl8N8O6/c1-5-21-15-34(56-44(66)40(20(4)62)60-58-24-8-10-28(46)26(18-24)42(64)54-32-14-12-30(48)36(50)38(32)52)22(6-2)16-33(21)55-43(65)39(19(3)61)59-57-23-7-9-27(45)25(17-23)41(63)53-31-13-11-29(47)35(49)37(31)51/h7-18,39-40H,5-6H2,1-4H3,(H,53,63)(H,54,64)(H,55,65)(H,56,66). The van der Waals surface area contributed by atoms with Gasteiger partial charge in [0.2, 0.25) is 12.1 Å². The van der Waals surface area contributed by atoms with E-state index in [1.807, 2.05) is 0 Å². The molecule has 5 aromatic rings. The molecule has 4 N–H and O–H groups in total. The van der Waals surface area contributed by atoms with Gasteiger partial charge in [-0.15, -0.1) is 0 Å². The molecular weight excluding hydrogens is 1020 g/mol. The summed E-state index contributed by atoms with van der Waals surface area (Å²) in [5.41, 5.74) is 2.28. The highest BCUT2D eigenvalue weighted by molar-refractivity contribution is 6.50. The van der Waals surface area contributed by atoms with E-state index in [2.05, 4.69) is 41.7 Å². The highest BCUT2D eigenvalue weighted by Gasteiger charge is 2.27. The molecule has 5 rings (SSSR count). The number of nitrogens with zero attached hydrogens (tertiary/aromatic N) is 4. The second kappa shape index (κ2) is 23.0. The van der Waals surface area contributed by atoms with Crippen LogP contribution in [0.1, 0.15) is 59.5 Å².